The highest BCUT2D eigenvalue weighted by Crippen LogP contribution is 2.21. The number of hydrogen-bond donors (Lipinski definition) is 1. The maximum absolute atomic E-state index is 12.4. The molecule has 0 aromatic heterocycles. The predicted octanol–water partition coefficient (Wildman–Crippen LogP) is 3.17. The lowest BCUT2D eigenvalue weighted by Crippen LogP contribution is -2.29. The summed E-state index contributed by atoms with van der Waals surface area (Å²) in [6, 6.07) is 18.8. The Bertz CT molecular complexity index is 651. The molecule has 1 saturated heterocycles. The van der Waals surface area contributed by atoms with E-state index >= 15 is 0 Å². The average molecular weight is 322 g/mol. The number of carbonyl (C=O) groups is 1. The summed E-state index contributed by atoms with van der Waals surface area (Å²) in [5.41, 5.74) is 9.33. The summed E-state index contributed by atoms with van der Waals surface area (Å²) in [6.07, 6.45) is 3.60. The first-order valence-corrected chi connectivity index (χ1v) is 8.84. The summed E-state index contributed by atoms with van der Waals surface area (Å²) in [6.45, 7) is 2.37. The highest BCUT2D eigenvalue weighted by atomic mass is 16.2. The van der Waals surface area contributed by atoms with Crippen molar-refractivity contribution in [1.29, 1.82) is 0 Å². The third-order valence-electron chi connectivity index (χ3n) is 4.89. The summed E-state index contributed by atoms with van der Waals surface area (Å²) in [4.78, 5) is 14.5. The number of hydrogen-bond acceptors (Lipinski definition) is 2. The summed E-state index contributed by atoms with van der Waals surface area (Å²) in [7, 11) is 0. The van der Waals surface area contributed by atoms with Crippen LogP contribution in [0.1, 0.15) is 29.5 Å². The largest absolute Gasteiger partial charge is 0.342 e. The van der Waals surface area contributed by atoms with Crippen LogP contribution in [0.25, 0.3) is 0 Å². The molecule has 1 fully saturated rings. The van der Waals surface area contributed by atoms with Crippen molar-refractivity contribution in [3.05, 3.63) is 71.3 Å². The van der Waals surface area contributed by atoms with Crippen LogP contribution in [-0.2, 0) is 24.2 Å². The molecule has 0 saturated carbocycles. The van der Waals surface area contributed by atoms with Gasteiger partial charge in [0.15, 0.2) is 0 Å². The van der Waals surface area contributed by atoms with E-state index in [9.17, 15) is 4.79 Å². The molecule has 1 atom stereocenters. The van der Waals surface area contributed by atoms with E-state index in [0.29, 0.717) is 18.9 Å². The molecule has 1 aliphatic rings. The second-order valence-corrected chi connectivity index (χ2v) is 6.70. The van der Waals surface area contributed by atoms with E-state index in [4.69, 9.17) is 5.73 Å². The molecule has 2 N–H and O–H groups in total. The van der Waals surface area contributed by atoms with Gasteiger partial charge in [0.05, 0.1) is 0 Å². The van der Waals surface area contributed by atoms with Gasteiger partial charge in [0.1, 0.15) is 0 Å². The highest BCUT2D eigenvalue weighted by Gasteiger charge is 2.25. The Morgan fingerprint density at radius 2 is 1.71 bits per heavy atom. The zero-order chi connectivity index (χ0) is 16.8. The van der Waals surface area contributed by atoms with Crippen LogP contribution in [0.2, 0.25) is 0 Å². The van der Waals surface area contributed by atoms with Gasteiger partial charge in [-0.3, -0.25) is 4.79 Å². The van der Waals surface area contributed by atoms with Gasteiger partial charge in [-0.1, -0.05) is 54.6 Å². The van der Waals surface area contributed by atoms with Gasteiger partial charge in [-0.05, 0) is 41.9 Å². The highest BCUT2D eigenvalue weighted by molar-refractivity contribution is 5.76. The van der Waals surface area contributed by atoms with Crippen LogP contribution in [0.4, 0.5) is 0 Å². The second kappa shape index (κ2) is 8.11. The van der Waals surface area contributed by atoms with Crippen LogP contribution < -0.4 is 5.73 Å². The van der Waals surface area contributed by atoms with Crippen molar-refractivity contribution >= 4 is 5.91 Å². The molecule has 2 aromatic carbocycles. The molecule has 3 rings (SSSR count). The molecule has 0 spiro atoms. The Hall–Kier alpha value is -2.13. The van der Waals surface area contributed by atoms with Crippen molar-refractivity contribution in [2.45, 2.75) is 32.2 Å². The minimum Gasteiger partial charge on any atom is -0.342 e. The first-order chi connectivity index (χ1) is 11.7. The Kier molecular flexibility index (Phi) is 5.65. The van der Waals surface area contributed by atoms with Crippen molar-refractivity contribution < 1.29 is 4.79 Å². The third kappa shape index (κ3) is 4.45. The van der Waals surface area contributed by atoms with Gasteiger partial charge >= 0.3 is 0 Å². The number of nitrogens with zero attached hydrogens (tertiary/aromatic N) is 1. The lowest BCUT2D eigenvalue weighted by molar-refractivity contribution is -0.130. The zero-order valence-corrected chi connectivity index (χ0v) is 14.2. The molecule has 0 radical (unpaired) electrons. The van der Waals surface area contributed by atoms with Crippen molar-refractivity contribution in [2.24, 2.45) is 11.7 Å². The molecular weight excluding hydrogens is 296 g/mol. The number of carbonyl (C=O) groups excluding carboxylic acids is 1. The van der Waals surface area contributed by atoms with E-state index in [0.717, 1.165) is 37.9 Å². The van der Waals surface area contributed by atoms with Gasteiger partial charge in [0.25, 0.3) is 0 Å². The molecule has 126 valence electrons. The maximum atomic E-state index is 12.4. The minimum atomic E-state index is 0.286. The van der Waals surface area contributed by atoms with Crippen molar-refractivity contribution in [1.82, 2.24) is 4.90 Å². The molecule has 0 aliphatic carbocycles. The fourth-order valence-corrected chi connectivity index (χ4v) is 3.42. The number of likely N-dealkylation sites (tertiary alicyclic amines) is 1. The van der Waals surface area contributed by atoms with Gasteiger partial charge in [-0.25, -0.2) is 0 Å². The number of rotatable bonds is 6. The maximum Gasteiger partial charge on any atom is 0.222 e. The van der Waals surface area contributed by atoms with E-state index in [1.54, 1.807) is 0 Å². The zero-order valence-electron chi connectivity index (χ0n) is 14.2. The minimum absolute atomic E-state index is 0.286. The lowest BCUT2D eigenvalue weighted by atomic mass is 9.99. The smallest absolute Gasteiger partial charge is 0.222 e. The fraction of sp³-hybridized carbons (Fsp3) is 0.381. The van der Waals surface area contributed by atoms with Crippen LogP contribution in [0, 0.1) is 5.92 Å². The van der Waals surface area contributed by atoms with Crippen LogP contribution in [0.3, 0.4) is 0 Å². The first-order valence-electron chi connectivity index (χ1n) is 8.84. The van der Waals surface area contributed by atoms with Crippen molar-refractivity contribution in [3.63, 3.8) is 0 Å². The van der Waals surface area contributed by atoms with Crippen molar-refractivity contribution in [3.8, 4) is 0 Å². The number of nitrogens with two attached hydrogens (primary N) is 1. The summed E-state index contributed by atoms with van der Waals surface area (Å²) < 4.78 is 0. The van der Waals surface area contributed by atoms with Crippen LogP contribution in [-0.4, -0.2) is 23.9 Å². The van der Waals surface area contributed by atoms with Gasteiger partial charge in [0.2, 0.25) is 5.91 Å². The van der Waals surface area contributed by atoms with E-state index < -0.39 is 0 Å². The topological polar surface area (TPSA) is 46.3 Å². The Balaban J connectivity index is 1.45. The van der Waals surface area contributed by atoms with E-state index in [1.807, 2.05) is 23.1 Å². The van der Waals surface area contributed by atoms with Crippen molar-refractivity contribution in [2.75, 3.05) is 13.1 Å². The second-order valence-electron chi connectivity index (χ2n) is 6.70. The molecule has 24 heavy (non-hydrogen) atoms. The third-order valence-corrected chi connectivity index (χ3v) is 4.89. The van der Waals surface area contributed by atoms with Crippen LogP contribution in [0.5, 0.6) is 0 Å². The predicted molar refractivity (Wildman–Crippen MR) is 97.5 cm³/mol. The van der Waals surface area contributed by atoms with E-state index in [1.165, 1.54) is 11.1 Å². The first kappa shape index (κ1) is 16.7. The Morgan fingerprint density at radius 3 is 2.42 bits per heavy atom. The molecule has 1 aliphatic heterocycles. The van der Waals surface area contributed by atoms with Gasteiger partial charge in [-0.2, -0.15) is 0 Å². The quantitative estimate of drug-likeness (QED) is 0.888. The lowest BCUT2D eigenvalue weighted by Gasteiger charge is -2.17. The number of aryl methyl sites for hydroxylation is 1. The SMILES string of the molecule is NCc1ccc(CCC(=O)N2CCC(Cc3ccccc3)C2)cc1. The molecule has 1 amide bonds. The number of amides is 1. The monoisotopic (exact) mass is 322 g/mol. The molecule has 1 heterocycles. The van der Waals surface area contributed by atoms with E-state index in [2.05, 4.69) is 36.4 Å². The van der Waals surface area contributed by atoms with Crippen LogP contribution in [0.15, 0.2) is 54.6 Å². The van der Waals surface area contributed by atoms with Gasteiger partial charge < -0.3 is 10.6 Å². The standard InChI is InChI=1S/C21H26N2O/c22-15-19-8-6-17(7-9-19)10-11-21(24)23-13-12-20(16-23)14-18-4-2-1-3-5-18/h1-9,20H,10-16,22H2. The van der Waals surface area contributed by atoms with E-state index in [-0.39, 0.29) is 5.91 Å². The molecule has 0 bridgehead atoms. The normalized spacial score (nSPS) is 17.2. The van der Waals surface area contributed by atoms with Crippen LogP contribution >= 0.6 is 0 Å². The van der Waals surface area contributed by atoms with Gasteiger partial charge in [0, 0.05) is 26.1 Å². The molecule has 2 aromatic rings. The Morgan fingerprint density at radius 1 is 1.00 bits per heavy atom. The average Bonchev–Trinajstić information content (AvgIpc) is 3.09. The molecular formula is C21H26N2O. The summed E-state index contributed by atoms with van der Waals surface area (Å²) in [5.74, 6) is 0.883. The Labute approximate surface area is 144 Å². The molecule has 3 nitrogen and oxygen atoms in total. The fourth-order valence-electron chi connectivity index (χ4n) is 3.42. The molecule has 3 heteroatoms. The molecule has 1 unspecified atom stereocenters. The summed E-state index contributed by atoms with van der Waals surface area (Å²) >= 11 is 0. The summed E-state index contributed by atoms with van der Waals surface area (Å²) in [5, 5.41) is 0. The number of benzene rings is 2. The van der Waals surface area contributed by atoms with Gasteiger partial charge in [-0.15, -0.1) is 0 Å².